The van der Waals surface area contributed by atoms with E-state index in [9.17, 15) is 4.79 Å². The van der Waals surface area contributed by atoms with Crippen LogP contribution in [-0.4, -0.2) is 26.2 Å². The molecule has 5 nitrogen and oxygen atoms in total. The van der Waals surface area contributed by atoms with Crippen molar-refractivity contribution < 1.29 is 19.0 Å². The minimum Gasteiger partial charge on any atom is -0.493 e. The second-order valence-electron chi connectivity index (χ2n) is 6.72. The highest BCUT2D eigenvalue weighted by Gasteiger charge is 2.23. The quantitative estimate of drug-likeness (QED) is 0.802. The molecule has 0 aliphatic carbocycles. The van der Waals surface area contributed by atoms with Crippen molar-refractivity contribution in [3.8, 4) is 17.2 Å². The first-order valence-electron chi connectivity index (χ1n) is 9.43. The molecule has 27 heavy (non-hydrogen) atoms. The zero-order valence-corrected chi connectivity index (χ0v) is 16.2. The Morgan fingerprint density at radius 2 is 2.07 bits per heavy atom. The van der Waals surface area contributed by atoms with Gasteiger partial charge in [-0.1, -0.05) is 23.8 Å². The average molecular weight is 369 g/mol. The molecule has 1 N–H and O–H groups in total. The third-order valence-electron chi connectivity index (χ3n) is 4.71. The van der Waals surface area contributed by atoms with Crippen molar-refractivity contribution in [3.63, 3.8) is 0 Å². The predicted octanol–water partition coefficient (Wildman–Crippen LogP) is 3.97. The van der Waals surface area contributed by atoms with Crippen LogP contribution >= 0.6 is 0 Å². The molecule has 1 heterocycles. The number of rotatable bonds is 7. The van der Waals surface area contributed by atoms with Crippen LogP contribution in [0.2, 0.25) is 0 Å². The summed E-state index contributed by atoms with van der Waals surface area (Å²) in [5.41, 5.74) is 3.28. The Morgan fingerprint density at radius 3 is 2.85 bits per heavy atom. The fourth-order valence-electron chi connectivity index (χ4n) is 3.33. The predicted molar refractivity (Wildman–Crippen MR) is 105 cm³/mol. The van der Waals surface area contributed by atoms with Crippen LogP contribution in [0.15, 0.2) is 36.4 Å². The van der Waals surface area contributed by atoms with Crippen LogP contribution in [0, 0.1) is 6.92 Å². The first kappa shape index (κ1) is 19.1. The Morgan fingerprint density at radius 1 is 1.22 bits per heavy atom. The van der Waals surface area contributed by atoms with Crippen LogP contribution in [-0.2, 0) is 11.2 Å². The van der Waals surface area contributed by atoms with E-state index < -0.39 is 0 Å². The molecule has 0 fully saturated rings. The number of fused-ring (bicyclic) bond motifs is 1. The molecular weight excluding hydrogens is 342 g/mol. The van der Waals surface area contributed by atoms with E-state index in [2.05, 4.69) is 11.4 Å². The van der Waals surface area contributed by atoms with Gasteiger partial charge < -0.3 is 19.5 Å². The maximum Gasteiger partial charge on any atom is 0.220 e. The molecule has 2 aromatic carbocycles. The second-order valence-corrected chi connectivity index (χ2v) is 6.72. The Bertz CT molecular complexity index is 803. The monoisotopic (exact) mass is 369 g/mol. The summed E-state index contributed by atoms with van der Waals surface area (Å²) in [5, 5.41) is 3.16. The van der Waals surface area contributed by atoms with Gasteiger partial charge in [0.05, 0.1) is 26.4 Å². The van der Waals surface area contributed by atoms with Gasteiger partial charge in [-0.15, -0.1) is 0 Å². The van der Waals surface area contributed by atoms with Gasteiger partial charge in [-0.25, -0.2) is 0 Å². The molecule has 2 aromatic rings. The summed E-state index contributed by atoms with van der Waals surface area (Å²) in [6.45, 7) is 5.20. The summed E-state index contributed by atoms with van der Waals surface area (Å²) in [6.07, 6.45) is 1.87. The van der Waals surface area contributed by atoms with Crippen LogP contribution in [0.25, 0.3) is 0 Å². The lowest BCUT2D eigenvalue weighted by molar-refractivity contribution is -0.122. The molecule has 0 saturated carbocycles. The molecule has 1 unspecified atom stereocenters. The van der Waals surface area contributed by atoms with E-state index in [-0.39, 0.29) is 11.9 Å². The van der Waals surface area contributed by atoms with Crippen LogP contribution in [0.1, 0.15) is 42.5 Å². The molecule has 144 valence electrons. The van der Waals surface area contributed by atoms with Gasteiger partial charge in [0.2, 0.25) is 5.91 Å². The molecule has 1 amide bonds. The van der Waals surface area contributed by atoms with Crippen molar-refractivity contribution in [1.29, 1.82) is 0 Å². The smallest absolute Gasteiger partial charge is 0.220 e. The third kappa shape index (κ3) is 4.73. The summed E-state index contributed by atoms with van der Waals surface area (Å²) in [7, 11) is 1.62. The highest BCUT2D eigenvalue weighted by Crippen LogP contribution is 2.33. The molecule has 1 aliphatic rings. The van der Waals surface area contributed by atoms with E-state index >= 15 is 0 Å². The highest BCUT2D eigenvalue weighted by atomic mass is 16.5. The number of hydrogen-bond acceptors (Lipinski definition) is 4. The van der Waals surface area contributed by atoms with E-state index in [0.29, 0.717) is 31.8 Å². The number of methoxy groups -OCH3 is 1. The number of ether oxygens (including phenoxy) is 3. The SMILES string of the molecule is CCOc1ccc(CCC(=O)NC2CCOc3ccc(C)cc32)cc1OC. The molecule has 0 spiro atoms. The van der Waals surface area contributed by atoms with E-state index in [1.165, 1.54) is 5.56 Å². The van der Waals surface area contributed by atoms with Crippen molar-refractivity contribution in [2.24, 2.45) is 0 Å². The number of hydrogen-bond donors (Lipinski definition) is 1. The fourth-order valence-corrected chi connectivity index (χ4v) is 3.33. The van der Waals surface area contributed by atoms with Gasteiger partial charge in [0, 0.05) is 18.4 Å². The zero-order chi connectivity index (χ0) is 19.2. The number of carbonyl (C=O) groups is 1. The van der Waals surface area contributed by atoms with Gasteiger partial charge in [0.25, 0.3) is 0 Å². The molecule has 0 aromatic heterocycles. The summed E-state index contributed by atoms with van der Waals surface area (Å²) in [5.74, 6) is 2.33. The summed E-state index contributed by atoms with van der Waals surface area (Å²) in [6, 6.07) is 11.9. The lowest BCUT2D eigenvalue weighted by Gasteiger charge is -2.27. The normalized spacial score (nSPS) is 15.4. The zero-order valence-electron chi connectivity index (χ0n) is 16.2. The first-order chi connectivity index (χ1) is 13.1. The van der Waals surface area contributed by atoms with E-state index in [1.807, 2.05) is 44.2 Å². The van der Waals surface area contributed by atoms with E-state index in [4.69, 9.17) is 14.2 Å². The summed E-state index contributed by atoms with van der Waals surface area (Å²) < 4.78 is 16.6. The number of amides is 1. The van der Waals surface area contributed by atoms with Gasteiger partial charge in [0.1, 0.15) is 5.75 Å². The molecule has 1 atom stereocenters. The van der Waals surface area contributed by atoms with Crippen molar-refractivity contribution in [2.45, 2.75) is 39.2 Å². The second kappa shape index (κ2) is 8.80. The average Bonchev–Trinajstić information content (AvgIpc) is 2.68. The molecule has 3 rings (SSSR count). The number of nitrogens with one attached hydrogen (secondary N) is 1. The number of benzene rings is 2. The van der Waals surface area contributed by atoms with E-state index in [1.54, 1.807) is 7.11 Å². The Kier molecular flexibility index (Phi) is 6.22. The van der Waals surface area contributed by atoms with E-state index in [0.717, 1.165) is 29.0 Å². The molecule has 0 saturated heterocycles. The van der Waals surface area contributed by atoms with Crippen molar-refractivity contribution >= 4 is 5.91 Å². The fraction of sp³-hybridized carbons (Fsp3) is 0.409. The first-order valence-corrected chi connectivity index (χ1v) is 9.43. The summed E-state index contributed by atoms with van der Waals surface area (Å²) >= 11 is 0. The van der Waals surface area contributed by atoms with Crippen LogP contribution < -0.4 is 19.5 Å². The molecule has 0 bridgehead atoms. The Hall–Kier alpha value is -2.69. The van der Waals surface area contributed by atoms with Gasteiger partial charge in [0.15, 0.2) is 11.5 Å². The minimum absolute atomic E-state index is 0.0102. The summed E-state index contributed by atoms with van der Waals surface area (Å²) in [4.78, 5) is 12.5. The molecular formula is C22H27NO4. The standard InChI is InChI=1S/C22H27NO4/c1-4-26-20-9-6-16(14-21(20)25-3)7-10-22(24)23-18-11-12-27-19-8-5-15(2)13-17(18)19/h5-6,8-9,13-14,18H,4,7,10-12H2,1-3H3,(H,23,24). The van der Waals surface area contributed by atoms with Crippen LogP contribution in [0.3, 0.4) is 0 Å². The maximum absolute atomic E-state index is 12.5. The lowest BCUT2D eigenvalue weighted by atomic mass is 9.98. The Labute approximate surface area is 160 Å². The largest absolute Gasteiger partial charge is 0.493 e. The number of carbonyl (C=O) groups excluding carboxylic acids is 1. The maximum atomic E-state index is 12.5. The molecule has 1 aliphatic heterocycles. The van der Waals surface area contributed by atoms with Gasteiger partial charge in [-0.3, -0.25) is 4.79 Å². The van der Waals surface area contributed by atoms with Crippen molar-refractivity contribution in [3.05, 3.63) is 53.1 Å². The van der Waals surface area contributed by atoms with Crippen LogP contribution in [0.4, 0.5) is 0 Å². The third-order valence-corrected chi connectivity index (χ3v) is 4.71. The van der Waals surface area contributed by atoms with Gasteiger partial charge in [-0.05, 0) is 44.0 Å². The lowest BCUT2D eigenvalue weighted by Crippen LogP contribution is -2.32. The van der Waals surface area contributed by atoms with Gasteiger partial charge in [-0.2, -0.15) is 0 Å². The molecule has 0 radical (unpaired) electrons. The van der Waals surface area contributed by atoms with Crippen molar-refractivity contribution in [1.82, 2.24) is 5.32 Å². The minimum atomic E-state index is 0.0102. The molecule has 5 heteroatoms. The highest BCUT2D eigenvalue weighted by molar-refractivity contribution is 5.77. The topological polar surface area (TPSA) is 56.8 Å². The van der Waals surface area contributed by atoms with Gasteiger partial charge >= 0.3 is 0 Å². The Balaban J connectivity index is 1.60. The number of aryl methyl sites for hydroxylation is 2. The van der Waals surface area contributed by atoms with Crippen molar-refractivity contribution in [2.75, 3.05) is 20.3 Å². The van der Waals surface area contributed by atoms with Crippen LogP contribution in [0.5, 0.6) is 17.2 Å².